The number of carbonyl (C=O) groups excluding carboxylic acids is 1. The van der Waals surface area contributed by atoms with Crippen LogP contribution in [-0.4, -0.2) is 26.9 Å². The molecule has 3 aromatic carbocycles. The first-order valence-corrected chi connectivity index (χ1v) is 13.4. The van der Waals surface area contributed by atoms with Crippen molar-refractivity contribution in [3.05, 3.63) is 95.1 Å². The van der Waals surface area contributed by atoms with E-state index < -0.39 is 10.0 Å². The molecule has 6 heteroatoms. The molecule has 3 rings (SSSR count). The van der Waals surface area contributed by atoms with E-state index in [0.29, 0.717) is 5.69 Å². The van der Waals surface area contributed by atoms with Crippen molar-refractivity contribution >= 4 is 21.6 Å². The van der Waals surface area contributed by atoms with Gasteiger partial charge in [-0.25, -0.2) is 8.42 Å². The topological polar surface area (TPSA) is 66.5 Å². The molecule has 1 N–H and O–H groups in total. The Morgan fingerprint density at radius 1 is 0.914 bits per heavy atom. The van der Waals surface area contributed by atoms with Crippen LogP contribution >= 0.6 is 0 Å². The van der Waals surface area contributed by atoms with E-state index in [9.17, 15) is 13.2 Å². The van der Waals surface area contributed by atoms with Gasteiger partial charge in [-0.3, -0.25) is 9.10 Å². The van der Waals surface area contributed by atoms with Crippen LogP contribution in [-0.2, 0) is 20.2 Å². The number of anilines is 1. The van der Waals surface area contributed by atoms with Crippen molar-refractivity contribution in [2.24, 2.45) is 0 Å². The van der Waals surface area contributed by atoms with E-state index >= 15 is 0 Å². The highest BCUT2D eigenvalue weighted by atomic mass is 32.2. The maximum Gasteiger partial charge on any atom is 0.264 e. The molecule has 0 saturated heterocycles. The van der Waals surface area contributed by atoms with Crippen LogP contribution in [0.2, 0.25) is 0 Å². The average Bonchev–Trinajstić information content (AvgIpc) is 2.80. The summed E-state index contributed by atoms with van der Waals surface area (Å²) in [6, 6.07) is 22.3. The van der Waals surface area contributed by atoms with Crippen molar-refractivity contribution in [3.8, 4) is 0 Å². The second-order valence-electron chi connectivity index (χ2n) is 9.97. The van der Waals surface area contributed by atoms with Gasteiger partial charge in [-0.15, -0.1) is 0 Å². The summed E-state index contributed by atoms with van der Waals surface area (Å²) in [4.78, 5) is 13.3. The third kappa shape index (κ3) is 6.31. The van der Waals surface area contributed by atoms with Crippen LogP contribution in [0.25, 0.3) is 0 Å². The van der Waals surface area contributed by atoms with Crippen molar-refractivity contribution in [1.82, 2.24) is 5.32 Å². The predicted molar refractivity (Wildman–Crippen MR) is 143 cm³/mol. The number of carbonyl (C=O) groups is 1. The van der Waals surface area contributed by atoms with Crippen molar-refractivity contribution in [2.75, 3.05) is 10.8 Å². The fourth-order valence-corrected chi connectivity index (χ4v) is 5.90. The highest BCUT2D eigenvalue weighted by molar-refractivity contribution is 7.92. The molecule has 186 valence electrons. The molecule has 5 nitrogen and oxygen atoms in total. The molecule has 0 aliphatic rings. The van der Waals surface area contributed by atoms with Crippen LogP contribution in [0, 0.1) is 20.8 Å². The first-order valence-electron chi connectivity index (χ1n) is 11.9. The molecular formula is C29H36N2O3S. The van der Waals surface area contributed by atoms with Gasteiger partial charge in [0.25, 0.3) is 10.0 Å². The Balaban J connectivity index is 1.85. The van der Waals surface area contributed by atoms with E-state index in [1.807, 2.05) is 58.0 Å². The number of hydrogen-bond acceptors (Lipinski definition) is 3. The summed E-state index contributed by atoms with van der Waals surface area (Å²) in [5.74, 6) is -0.335. The fourth-order valence-electron chi connectivity index (χ4n) is 4.42. The Labute approximate surface area is 210 Å². The third-order valence-electron chi connectivity index (χ3n) is 6.52. The monoisotopic (exact) mass is 492 g/mol. The summed E-state index contributed by atoms with van der Waals surface area (Å²) < 4.78 is 28.6. The lowest BCUT2D eigenvalue weighted by molar-refractivity contribution is -0.120. The van der Waals surface area contributed by atoms with Crippen LogP contribution in [0.1, 0.15) is 49.4 Å². The number of nitrogens with one attached hydrogen (secondary N) is 1. The van der Waals surface area contributed by atoms with Crippen molar-refractivity contribution in [3.63, 3.8) is 0 Å². The number of sulfonamides is 1. The zero-order valence-corrected chi connectivity index (χ0v) is 22.3. The van der Waals surface area contributed by atoms with E-state index in [2.05, 4.69) is 31.3 Å². The van der Waals surface area contributed by atoms with Gasteiger partial charge >= 0.3 is 0 Å². The van der Waals surface area contributed by atoms with Crippen LogP contribution in [0.3, 0.4) is 0 Å². The van der Waals surface area contributed by atoms with E-state index in [1.54, 1.807) is 30.3 Å². The Morgan fingerprint density at radius 3 is 2.17 bits per heavy atom. The lowest BCUT2D eigenvalue weighted by Crippen LogP contribution is -2.45. The van der Waals surface area contributed by atoms with Gasteiger partial charge < -0.3 is 5.32 Å². The maximum absolute atomic E-state index is 13.7. The molecule has 1 atom stereocenters. The summed E-state index contributed by atoms with van der Waals surface area (Å²) in [5, 5.41) is 3.03. The van der Waals surface area contributed by atoms with E-state index in [0.717, 1.165) is 23.1 Å². The minimum absolute atomic E-state index is 0.139. The molecule has 0 aliphatic carbocycles. The minimum Gasteiger partial charge on any atom is -0.352 e. The molecule has 0 aliphatic heterocycles. The second kappa shape index (κ2) is 10.6. The Bertz CT molecular complexity index is 1270. The van der Waals surface area contributed by atoms with E-state index in [1.165, 1.54) is 9.87 Å². The summed E-state index contributed by atoms with van der Waals surface area (Å²) in [6.07, 6.45) is 0.719. The summed E-state index contributed by atoms with van der Waals surface area (Å²) in [6.45, 7) is 11.7. The van der Waals surface area contributed by atoms with Crippen LogP contribution in [0.5, 0.6) is 0 Å². The molecule has 0 aromatic heterocycles. The molecule has 1 unspecified atom stereocenters. The Kier molecular flexibility index (Phi) is 8.06. The van der Waals surface area contributed by atoms with Gasteiger partial charge in [-0.05, 0) is 74.4 Å². The van der Waals surface area contributed by atoms with Crippen molar-refractivity contribution in [2.45, 2.75) is 64.3 Å². The lowest BCUT2D eigenvalue weighted by Gasteiger charge is -2.30. The number of amides is 1. The van der Waals surface area contributed by atoms with Gasteiger partial charge in [0.05, 0.1) is 10.6 Å². The van der Waals surface area contributed by atoms with Crippen LogP contribution in [0.4, 0.5) is 5.69 Å². The standard InChI is InChI=1S/C29H36N2O3S/c1-21-15-17-26(18-16-21)35(33,34)31(27-14-10-11-22(2)24(27)4)20-28(32)30-23(3)19-29(5,6)25-12-8-7-9-13-25/h7-18,23H,19-20H2,1-6H3,(H,30,32). The molecule has 0 heterocycles. The fraction of sp³-hybridized carbons (Fsp3) is 0.345. The predicted octanol–water partition coefficient (Wildman–Crippen LogP) is 5.68. The Morgan fingerprint density at radius 2 is 1.54 bits per heavy atom. The zero-order chi connectivity index (χ0) is 25.8. The first-order chi connectivity index (χ1) is 16.4. The van der Waals surface area contributed by atoms with Crippen LogP contribution in [0.15, 0.2) is 77.7 Å². The molecule has 1 amide bonds. The number of aryl methyl sites for hydroxylation is 2. The van der Waals surface area contributed by atoms with Crippen molar-refractivity contribution in [1.29, 1.82) is 0 Å². The Hall–Kier alpha value is -3.12. The van der Waals surface area contributed by atoms with Gasteiger partial charge in [-0.1, -0.05) is 74.0 Å². The molecule has 0 bridgehead atoms. The number of hydrogen-bond donors (Lipinski definition) is 1. The normalized spacial score (nSPS) is 12.7. The highest BCUT2D eigenvalue weighted by Gasteiger charge is 2.30. The van der Waals surface area contributed by atoms with Gasteiger partial charge in [0.1, 0.15) is 6.54 Å². The molecule has 0 spiro atoms. The second-order valence-corrected chi connectivity index (χ2v) is 11.8. The number of benzene rings is 3. The maximum atomic E-state index is 13.7. The first kappa shape index (κ1) is 26.5. The van der Waals surface area contributed by atoms with E-state index in [4.69, 9.17) is 0 Å². The summed E-state index contributed by atoms with van der Waals surface area (Å²) in [5.41, 5.74) is 4.32. The third-order valence-corrected chi connectivity index (χ3v) is 8.29. The summed E-state index contributed by atoms with van der Waals surface area (Å²) >= 11 is 0. The molecule has 0 fully saturated rings. The lowest BCUT2D eigenvalue weighted by atomic mass is 9.79. The molecule has 0 saturated carbocycles. The smallest absolute Gasteiger partial charge is 0.264 e. The van der Waals surface area contributed by atoms with Gasteiger partial charge in [0, 0.05) is 6.04 Å². The quantitative estimate of drug-likeness (QED) is 0.418. The van der Waals surface area contributed by atoms with Crippen LogP contribution < -0.4 is 9.62 Å². The summed E-state index contributed by atoms with van der Waals surface area (Å²) in [7, 11) is -3.95. The average molecular weight is 493 g/mol. The highest BCUT2D eigenvalue weighted by Crippen LogP contribution is 2.30. The largest absolute Gasteiger partial charge is 0.352 e. The van der Waals surface area contributed by atoms with Gasteiger partial charge in [0.2, 0.25) is 5.91 Å². The molecular weight excluding hydrogens is 456 g/mol. The SMILES string of the molecule is Cc1ccc(S(=O)(=O)N(CC(=O)NC(C)CC(C)(C)c2ccccc2)c2cccc(C)c2C)cc1. The zero-order valence-electron chi connectivity index (χ0n) is 21.5. The van der Waals surface area contributed by atoms with Crippen molar-refractivity contribution < 1.29 is 13.2 Å². The molecule has 0 radical (unpaired) electrons. The molecule has 35 heavy (non-hydrogen) atoms. The number of rotatable bonds is 9. The number of nitrogens with zero attached hydrogens (tertiary/aromatic N) is 1. The van der Waals surface area contributed by atoms with E-state index in [-0.39, 0.29) is 28.8 Å². The van der Waals surface area contributed by atoms with Gasteiger partial charge in [-0.2, -0.15) is 0 Å². The minimum atomic E-state index is -3.95. The van der Waals surface area contributed by atoms with Gasteiger partial charge in [0.15, 0.2) is 0 Å². The molecule has 3 aromatic rings.